The van der Waals surface area contributed by atoms with Crippen LogP contribution in [-0.4, -0.2) is 37.8 Å². The van der Waals surface area contributed by atoms with Crippen molar-refractivity contribution in [1.82, 2.24) is 9.62 Å². The number of benzene rings is 2. The summed E-state index contributed by atoms with van der Waals surface area (Å²) >= 11 is 0. The maximum absolute atomic E-state index is 12.7. The quantitative estimate of drug-likeness (QED) is 0.740. The highest BCUT2D eigenvalue weighted by Gasteiger charge is 2.27. The second-order valence-electron chi connectivity index (χ2n) is 8.16. The van der Waals surface area contributed by atoms with Crippen molar-refractivity contribution in [3.8, 4) is 0 Å². The predicted molar refractivity (Wildman–Crippen MR) is 118 cm³/mol. The summed E-state index contributed by atoms with van der Waals surface area (Å²) in [5, 5.41) is 6.35. The van der Waals surface area contributed by atoms with Gasteiger partial charge in [-0.3, -0.25) is 10.1 Å². The van der Waals surface area contributed by atoms with E-state index in [2.05, 4.69) is 28.8 Å². The van der Waals surface area contributed by atoms with Gasteiger partial charge in [0.15, 0.2) is 0 Å². The third-order valence-electron chi connectivity index (χ3n) is 6.04. The predicted octanol–water partition coefficient (Wildman–Crippen LogP) is 3.47. The number of hydrogen-bond donors (Lipinski definition) is 2. The molecule has 2 aromatic rings. The zero-order chi connectivity index (χ0) is 21.1. The van der Waals surface area contributed by atoms with Gasteiger partial charge in [0.2, 0.25) is 15.9 Å². The summed E-state index contributed by atoms with van der Waals surface area (Å²) in [7, 11) is -3.44. The molecule has 2 N–H and O–H groups in total. The van der Waals surface area contributed by atoms with Gasteiger partial charge in [0.1, 0.15) is 0 Å². The lowest BCUT2D eigenvalue weighted by Crippen LogP contribution is -2.41. The summed E-state index contributed by atoms with van der Waals surface area (Å²) in [4.78, 5) is 13.0. The van der Waals surface area contributed by atoms with E-state index in [0.717, 1.165) is 32.1 Å². The van der Waals surface area contributed by atoms with Crippen molar-refractivity contribution in [3.05, 3.63) is 59.7 Å². The zero-order valence-corrected chi connectivity index (χ0v) is 18.1. The maximum Gasteiger partial charge on any atom is 0.243 e. The molecule has 1 aliphatic carbocycles. The molecule has 30 heavy (non-hydrogen) atoms. The number of amides is 1. The summed E-state index contributed by atoms with van der Waals surface area (Å²) in [5.74, 6) is -0.131. The lowest BCUT2D eigenvalue weighted by molar-refractivity contribution is -0.118. The molecular weight excluding hydrogens is 398 g/mol. The lowest BCUT2D eigenvalue weighted by atomic mass is 9.87. The Hall–Kier alpha value is -2.22. The first-order chi connectivity index (χ1) is 14.4. The molecule has 7 heteroatoms. The van der Waals surface area contributed by atoms with Crippen LogP contribution in [0.3, 0.4) is 0 Å². The monoisotopic (exact) mass is 427 g/mol. The number of carbonyl (C=O) groups is 1. The van der Waals surface area contributed by atoms with Gasteiger partial charge >= 0.3 is 0 Å². The minimum Gasteiger partial charge on any atom is -0.325 e. The molecule has 2 atom stereocenters. The largest absolute Gasteiger partial charge is 0.325 e. The van der Waals surface area contributed by atoms with Crippen LogP contribution in [0.2, 0.25) is 0 Å². The fourth-order valence-electron chi connectivity index (χ4n) is 4.34. The van der Waals surface area contributed by atoms with E-state index >= 15 is 0 Å². The third-order valence-corrected chi connectivity index (χ3v) is 7.95. The average molecular weight is 428 g/mol. The first-order valence-electron chi connectivity index (χ1n) is 10.7. The van der Waals surface area contributed by atoms with Gasteiger partial charge in [0, 0.05) is 24.8 Å². The molecule has 1 heterocycles. The first-order valence-corrected chi connectivity index (χ1v) is 12.1. The van der Waals surface area contributed by atoms with E-state index in [9.17, 15) is 13.2 Å². The Morgan fingerprint density at radius 1 is 1.03 bits per heavy atom. The molecule has 0 unspecified atom stereocenters. The number of sulfonamides is 1. The Bertz CT molecular complexity index is 999. The minimum absolute atomic E-state index is 0.131. The number of rotatable bonds is 6. The normalized spacial score (nSPS) is 20.5. The molecule has 0 aromatic heterocycles. The second-order valence-corrected chi connectivity index (χ2v) is 10.1. The molecule has 1 aliphatic heterocycles. The second kappa shape index (κ2) is 8.88. The van der Waals surface area contributed by atoms with Crippen LogP contribution in [0, 0.1) is 0 Å². The Morgan fingerprint density at radius 2 is 1.73 bits per heavy atom. The van der Waals surface area contributed by atoms with E-state index in [4.69, 9.17) is 0 Å². The van der Waals surface area contributed by atoms with Crippen molar-refractivity contribution < 1.29 is 13.2 Å². The summed E-state index contributed by atoms with van der Waals surface area (Å²) in [6.07, 6.45) is 5.02. The van der Waals surface area contributed by atoms with Gasteiger partial charge in [0.05, 0.1) is 10.9 Å². The molecule has 2 aromatic carbocycles. The van der Waals surface area contributed by atoms with Crippen LogP contribution in [-0.2, 0) is 21.2 Å². The molecule has 4 rings (SSSR count). The standard InChI is InChI=1S/C23H29N3O3S/c1-17(24-22-10-6-8-18-7-2-3-9-21(18)22)23(27)25-19-11-13-20(14-12-19)30(28,29)26-15-4-5-16-26/h2-3,7,9,11-14,17,22,24H,4-6,8,10,15-16H2,1H3,(H,25,27)/t17-,22-/m0/s1. The fourth-order valence-corrected chi connectivity index (χ4v) is 5.86. The van der Waals surface area contributed by atoms with Gasteiger partial charge in [-0.25, -0.2) is 8.42 Å². The minimum atomic E-state index is -3.44. The summed E-state index contributed by atoms with van der Waals surface area (Å²) in [6, 6.07) is 14.6. The molecule has 0 spiro atoms. The van der Waals surface area contributed by atoms with Gasteiger partial charge in [0.25, 0.3) is 0 Å². The summed E-state index contributed by atoms with van der Waals surface area (Å²) in [5.41, 5.74) is 3.22. The van der Waals surface area contributed by atoms with Gasteiger partial charge in [-0.05, 0) is 74.4 Å². The highest BCUT2D eigenvalue weighted by molar-refractivity contribution is 7.89. The molecule has 1 fully saturated rings. The zero-order valence-electron chi connectivity index (χ0n) is 17.3. The summed E-state index contributed by atoms with van der Waals surface area (Å²) < 4.78 is 26.8. The molecule has 1 amide bonds. The van der Waals surface area contributed by atoms with Crippen LogP contribution in [0.5, 0.6) is 0 Å². The number of aryl methyl sites for hydroxylation is 1. The van der Waals surface area contributed by atoms with Crippen LogP contribution >= 0.6 is 0 Å². The number of anilines is 1. The lowest BCUT2D eigenvalue weighted by Gasteiger charge is -2.29. The molecule has 0 radical (unpaired) electrons. The van der Waals surface area contributed by atoms with Crippen molar-refractivity contribution >= 4 is 21.6 Å². The fraction of sp³-hybridized carbons (Fsp3) is 0.435. The molecule has 2 aliphatic rings. The number of carbonyl (C=O) groups excluding carboxylic acids is 1. The Balaban J connectivity index is 1.38. The smallest absolute Gasteiger partial charge is 0.243 e. The van der Waals surface area contributed by atoms with Crippen LogP contribution in [0.25, 0.3) is 0 Å². The van der Waals surface area contributed by atoms with Crippen molar-refractivity contribution in [2.24, 2.45) is 0 Å². The van der Waals surface area contributed by atoms with Crippen LogP contribution in [0.4, 0.5) is 5.69 Å². The molecular formula is C23H29N3O3S. The van der Waals surface area contributed by atoms with Gasteiger partial charge < -0.3 is 5.32 Å². The highest BCUT2D eigenvalue weighted by Crippen LogP contribution is 2.30. The van der Waals surface area contributed by atoms with Gasteiger partial charge in [-0.15, -0.1) is 0 Å². The number of hydrogen-bond acceptors (Lipinski definition) is 4. The SMILES string of the molecule is C[C@H](N[C@H]1CCCc2ccccc21)C(=O)Nc1ccc(S(=O)(=O)N2CCCC2)cc1. The van der Waals surface area contributed by atoms with E-state index in [0.29, 0.717) is 18.8 Å². The third kappa shape index (κ3) is 4.43. The van der Waals surface area contributed by atoms with Gasteiger partial charge in [-0.1, -0.05) is 24.3 Å². The van der Waals surface area contributed by atoms with Gasteiger partial charge in [-0.2, -0.15) is 4.31 Å². The van der Waals surface area contributed by atoms with E-state index in [1.165, 1.54) is 15.4 Å². The Kier molecular flexibility index (Phi) is 6.22. The van der Waals surface area contributed by atoms with Crippen LogP contribution < -0.4 is 10.6 Å². The number of nitrogens with one attached hydrogen (secondary N) is 2. The van der Waals surface area contributed by atoms with Crippen molar-refractivity contribution in [1.29, 1.82) is 0 Å². The molecule has 0 bridgehead atoms. The average Bonchev–Trinajstić information content (AvgIpc) is 3.30. The van der Waals surface area contributed by atoms with E-state index < -0.39 is 10.0 Å². The van der Waals surface area contributed by atoms with E-state index in [1.807, 2.05) is 13.0 Å². The highest BCUT2D eigenvalue weighted by atomic mass is 32.2. The number of fused-ring (bicyclic) bond motifs is 1. The van der Waals surface area contributed by atoms with E-state index in [-0.39, 0.29) is 22.9 Å². The molecule has 1 saturated heterocycles. The maximum atomic E-state index is 12.7. The topological polar surface area (TPSA) is 78.5 Å². The Morgan fingerprint density at radius 3 is 2.47 bits per heavy atom. The molecule has 6 nitrogen and oxygen atoms in total. The van der Waals surface area contributed by atoms with Crippen LogP contribution in [0.15, 0.2) is 53.4 Å². The molecule has 160 valence electrons. The van der Waals surface area contributed by atoms with Crippen molar-refractivity contribution in [3.63, 3.8) is 0 Å². The molecule has 0 saturated carbocycles. The van der Waals surface area contributed by atoms with Crippen molar-refractivity contribution in [2.45, 2.75) is 56.0 Å². The first kappa shape index (κ1) is 21.0. The number of nitrogens with zero attached hydrogens (tertiary/aromatic N) is 1. The summed E-state index contributed by atoms with van der Waals surface area (Å²) in [6.45, 7) is 3.02. The van der Waals surface area contributed by atoms with Crippen molar-refractivity contribution in [2.75, 3.05) is 18.4 Å². The Labute approximate surface area is 178 Å². The van der Waals surface area contributed by atoms with E-state index in [1.54, 1.807) is 24.3 Å². The van der Waals surface area contributed by atoms with Crippen LogP contribution in [0.1, 0.15) is 49.8 Å².